The number of anilines is 1. The van der Waals surface area contributed by atoms with Gasteiger partial charge in [0, 0.05) is 39.4 Å². The van der Waals surface area contributed by atoms with Crippen molar-refractivity contribution in [3.63, 3.8) is 0 Å². The Bertz CT molecular complexity index is 481. The zero-order valence-corrected chi connectivity index (χ0v) is 11.9. The summed E-state index contributed by atoms with van der Waals surface area (Å²) in [4.78, 5) is 17.4. The van der Waals surface area contributed by atoms with E-state index < -0.39 is 0 Å². The molecule has 0 aliphatic carbocycles. The smallest absolute Gasteiger partial charge is 0.321 e. The second-order valence-electron chi connectivity index (χ2n) is 4.89. The van der Waals surface area contributed by atoms with Crippen molar-refractivity contribution in [2.24, 2.45) is 4.99 Å². The first-order valence-corrected chi connectivity index (χ1v) is 6.74. The Labute approximate surface area is 119 Å². The molecule has 1 aliphatic rings. The van der Waals surface area contributed by atoms with E-state index in [9.17, 15) is 4.79 Å². The van der Waals surface area contributed by atoms with Crippen LogP contribution in [0.3, 0.4) is 0 Å². The van der Waals surface area contributed by atoms with Crippen molar-refractivity contribution < 1.29 is 4.79 Å². The predicted octanol–water partition coefficient (Wildman–Crippen LogP) is 1.22. The highest BCUT2D eigenvalue weighted by molar-refractivity contribution is 5.88. The van der Waals surface area contributed by atoms with Crippen molar-refractivity contribution in [2.45, 2.75) is 13.0 Å². The summed E-state index contributed by atoms with van der Waals surface area (Å²) in [5.41, 5.74) is 1.93. The van der Waals surface area contributed by atoms with E-state index >= 15 is 0 Å². The molecule has 2 amide bonds. The molecular weight excluding hydrogens is 254 g/mol. The third kappa shape index (κ3) is 4.15. The number of nitrogens with zero attached hydrogens (tertiary/aromatic N) is 2. The van der Waals surface area contributed by atoms with E-state index in [1.54, 1.807) is 14.1 Å². The van der Waals surface area contributed by atoms with Gasteiger partial charge in [0.2, 0.25) is 0 Å². The summed E-state index contributed by atoms with van der Waals surface area (Å²) in [6.45, 7) is 2.57. The highest BCUT2D eigenvalue weighted by Gasteiger charge is 2.05. The maximum absolute atomic E-state index is 11.5. The van der Waals surface area contributed by atoms with Gasteiger partial charge in [-0.15, -0.1) is 0 Å². The van der Waals surface area contributed by atoms with Gasteiger partial charge in [0.15, 0.2) is 5.96 Å². The fourth-order valence-electron chi connectivity index (χ4n) is 1.78. The van der Waals surface area contributed by atoms with E-state index in [-0.39, 0.29) is 6.03 Å². The molecule has 1 heterocycles. The Balaban J connectivity index is 1.85. The van der Waals surface area contributed by atoms with Crippen LogP contribution in [0.25, 0.3) is 0 Å². The minimum atomic E-state index is -0.128. The van der Waals surface area contributed by atoms with E-state index in [0.29, 0.717) is 6.54 Å². The van der Waals surface area contributed by atoms with Crippen molar-refractivity contribution in [2.75, 3.05) is 32.5 Å². The Kier molecular flexibility index (Phi) is 4.81. The topological polar surface area (TPSA) is 68.8 Å². The second kappa shape index (κ2) is 6.79. The highest BCUT2D eigenvalue weighted by Crippen LogP contribution is 2.10. The summed E-state index contributed by atoms with van der Waals surface area (Å²) in [5, 5.41) is 9.28. The number of guanidine groups is 1. The first-order chi connectivity index (χ1) is 9.65. The van der Waals surface area contributed by atoms with E-state index in [0.717, 1.165) is 36.7 Å². The van der Waals surface area contributed by atoms with Gasteiger partial charge >= 0.3 is 6.03 Å². The predicted molar refractivity (Wildman–Crippen MR) is 80.9 cm³/mol. The van der Waals surface area contributed by atoms with Gasteiger partial charge in [-0.1, -0.05) is 12.1 Å². The molecule has 0 bridgehead atoms. The van der Waals surface area contributed by atoms with Gasteiger partial charge in [0.1, 0.15) is 0 Å². The van der Waals surface area contributed by atoms with Crippen LogP contribution in [0.1, 0.15) is 12.0 Å². The van der Waals surface area contributed by atoms with Crippen molar-refractivity contribution >= 4 is 17.7 Å². The molecule has 1 aromatic rings. The summed E-state index contributed by atoms with van der Waals surface area (Å²) in [6.07, 6.45) is 1.09. The zero-order valence-electron chi connectivity index (χ0n) is 11.9. The molecule has 6 heteroatoms. The molecule has 108 valence electrons. The Morgan fingerprint density at radius 1 is 1.35 bits per heavy atom. The standard InChI is InChI=1S/C14H21N5O/c1-19(2)14(20)18-12-6-4-11(5-7-12)10-17-13-15-8-3-9-16-13/h4-7H,3,8-10H2,1-2H3,(H,18,20)(H2,15,16,17). The van der Waals surface area contributed by atoms with Gasteiger partial charge in [-0.25, -0.2) is 4.79 Å². The van der Waals surface area contributed by atoms with Crippen LogP contribution in [-0.2, 0) is 6.54 Å². The lowest BCUT2D eigenvalue weighted by atomic mass is 10.2. The Morgan fingerprint density at radius 3 is 2.70 bits per heavy atom. The lowest BCUT2D eigenvalue weighted by Gasteiger charge is -2.16. The molecule has 0 spiro atoms. The number of nitrogens with one attached hydrogen (secondary N) is 3. The molecule has 1 aromatic carbocycles. The monoisotopic (exact) mass is 275 g/mol. The molecule has 0 aromatic heterocycles. The maximum Gasteiger partial charge on any atom is 0.321 e. The quantitative estimate of drug-likeness (QED) is 0.777. The Hall–Kier alpha value is -2.24. The summed E-state index contributed by atoms with van der Waals surface area (Å²) < 4.78 is 0. The minimum Gasteiger partial charge on any atom is -0.356 e. The van der Waals surface area contributed by atoms with Crippen molar-refractivity contribution in [1.29, 1.82) is 0 Å². The number of benzene rings is 1. The van der Waals surface area contributed by atoms with Gasteiger partial charge in [-0.2, -0.15) is 0 Å². The SMILES string of the molecule is CN(C)C(=O)Nc1ccc(CNC2=NCCCN2)cc1. The molecule has 0 saturated heterocycles. The number of hydrogen-bond acceptors (Lipinski definition) is 4. The van der Waals surface area contributed by atoms with E-state index in [1.807, 2.05) is 24.3 Å². The number of urea groups is 1. The molecule has 0 unspecified atom stereocenters. The fourth-order valence-corrected chi connectivity index (χ4v) is 1.78. The largest absolute Gasteiger partial charge is 0.356 e. The van der Waals surface area contributed by atoms with Crippen LogP contribution < -0.4 is 16.0 Å². The Morgan fingerprint density at radius 2 is 2.10 bits per heavy atom. The van der Waals surface area contributed by atoms with Crippen LogP contribution in [0.4, 0.5) is 10.5 Å². The lowest BCUT2D eigenvalue weighted by Crippen LogP contribution is -2.40. The first kappa shape index (κ1) is 14.2. The molecule has 1 aliphatic heterocycles. The fraction of sp³-hybridized carbons (Fsp3) is 0.429. The highest BCUT2D eigenvalue weighted by atomic mass is 16.2. The minimum absolute atomic E-state index is 0.128. The molecule has 0 atom stereocenters. The van der Waals surface area contributed by atoms with E-state index in [1.165, 1.54) is 4.90 Å². The number of carbonyl (C=O) groups is 1. The van der Waals surface area contributed by atoms with Crippen LogP contribution in [0.5, 0.6) is 0 Å². The van der Waals surface area contributed by atoms with Crippen LogP contribution in [-0.4, -0.2) is 44.1 Å². The zero-order chi connectivity index (χ0) is 14.4. The molecule has 6 nitrogen and oxygen atoms in total. The molecule has 2 rings (SSSR count). The number of carbonyl (C=O) groups excluding carboxylic acids is 1. The van der Waals surface area contributed by atoms with Crippen LogP contribution in [0.15, 0.2) is 29.3 Å². The third-order valence-electron chi connectivity index (χ3n) is 2.97. The third-order valence-corrected chi connectivity index (χ3v) is 2.97. The summed E-state index contributed by atoms with van der Waals surface area (Å²) in [6, 6.07) is 7.64. The average Bonchev–Trinajstić information content (AvgIpc) is 2.47. The van der Waals surface area contributed by atoms with Gasteiger partial charge in [-0.05, 0) is 24.1 Å². The summed E-state index contributed by atoms with van der Waals surface area (Å²) in [7, 11) is 3.43. The molecule has 0 radical (unpaired) electrons. The second-order valence-corrected chi connectivity index (χ2v) is 4.89. The summed E-state index contributed by atoms with van der Waals surface area (Å²) in [5.74, 6) is 0.862. The van der Waals surface area contributed by atoms with Crippen molar-refractivity contribution in [3.05, 3.63) is 29.8 Å². The van der Waals surface area contributed by atoms with Crippen molar-refractivity contribution in [3.8, 4) is 0 Å². The van der Waals surface area contributed by atoms with Crippen molar-refractivity contribution in [1.82, 2.24) is 15.5 Å². The number of aliphatic imine (C=N–C) groups is 1. The van der Waals surface area contributed by atoms with Gasteiger partial charge in [-0.3, -0.25) is 4.99 Å². The first-order valence-electron chi connectivity index (χ1n) is 6.74. The lowest BCUT2D eigenvalue weighted by molar-refractivity contribution is 0.230. The average molecular weight is 275 g/mol. The van der Waals surface area contributed by atoms with Gasteiger partial charge < -0.3 is 20.9 Å². The normalized spacial score (nSPS) is 14.0. The molecule has 3 N–H and O–H groups in total. The number of hydrogen-bond donors (Lipinski definition) is 3. The van der Waals surface area contributed by atoms with E-state index in [4.69, 9.17) is 0 Å². The molecular formula is C14H21N5O. The molecule has 0 saturated carbocycles. The number of rotatable bonds is 3. The molecule has 20 heavy (non-hydrogen) atoms. The van der Waals surface area contributed by atoms with Gasteiger partial charge in [0.05, 0.1) is 0 Å². The van der Waals surface area contributed by atoms with Crippen LogP contribution >= 0.6 is 0 Å². The number of amides is 2. The van der Waals surface area contributed by atoms with Crippen LogP contribution in [0, 0.1) is 0 Å². The maximum atomic E-state index is 11.5. The molecule has 0 fully saturated rings. The van der Waals surface area contributed by atoms with Crippen LogP contribution in [0.2, 0.25) is 0 Å². The van der Waals surface area contributed by atoms with Gasteiger partial charge in [0.25, 0.3) is 0 Å². The summed E-state index contributed by atoms with van der Waals surface area (Å²) >= 11 is 0. The van der Waals surface area contributed by atoms with E-state index in [2.05, 4.69) is 20.9 Å².